The molecule has 2 aliphatic carbocycles. The van der Waals surface area contributed by atoms with E-state index < -0.39 is 5.82 Å². The van der Waals surface area contributed by atoms with Gasteiger partial charge in [-0.05, 0) is 97.9 Å². The Hall–Kier alpha value is -2.42. The lowest BCUT2D eigenvalue weighted by Gasteiger charge is -2.42. The van der Waals surface area contributed by atoms with Crippen molar-refractivity contribution < 1.29 is 13.5 Å². The topological polar surface area (TPSA) is 9.23 Å². The Morgan fingerprint density at radius 1 is 0.875 bits per heavy atom. The van der Waals surface area contributed by atoms with Crippen molar-refractivity contribution in [3.63, 3.8) is 0 Å². The third kappa shape index (κ3) is 5.14. The first-order chi connectivity index (χ1) is 15.6. The maximum Gasteiger partial charge on any atom is 0.134 e. The average Bonchev–Trinajstić information content (AvgIpc) is 2.81. The maximum absolute atomic E-state index is 15.2. The minimum Gasteiger partial charge on any atom is -0.489 e. The molecule has 2 aromatic rings. The summed E-state index contributed by atoms with van der Waals surface area (Å²) in [4.78, 5) is 0. The van der Waals surface area contributed by atoms with Crippen LogP contribution in [0.3, 0.4) is 0 Å². The normalized spacial score (nSPS) is 25.1. The van der Waals surface area contributed by atoms with E-state index in [0.29, 0.717) is 29.4 Å². The fourth-order valence-electron chi connectivity index (χ4n) is 5.89. The maximum atomic E-state index is 15.2. The van der Waals surface area contributed by atoms with Crippen LogP contribution in [0.15, 0.2) is 61.7 Å². The third-order valence-corrected chi connectivity index (χ3v) is 7.56. The van der Waals surface area contributed by atoms with Crippen LogP contribution in [0.4, 0.5) is 8.78 Å². The molecule has 2 aromatic carbocycles. The van der Waals surface area contributed by atoms with Gasteiger partial charge in [0.05, 0.1) is 0 Å². The smallest absolute Gasteiger partial charge is 0.134 e. The summed E-state index contributed by atoms with van der Waals surface area (Å²) in [5.74, 6) is 2.45. The minimum absolute atomic E-state index is 0.211. The van der Waals surface area contributed by atoms with E-state index in [1.54, 1.807) is 18.2 Å². The Morgan fingerprint density at radius 2 is 1.69 bits per heavy atom. The van der Waals surface area contributed by atoms with Crippen LogP contribution in [0.25, 0.3) is 11.1 Å². The number of halogens is 2. The van der Waals surface area contributed by atoms with Gasteiger partial charge in [0.25, 0.3) is 0 Å². The predicted molar refractivity (Wildman–Crippen MR) is 128 cm³/mol. The Balaban J connectivity index is 1.43. The first-order valence-electron chi connectivity index (χ1n) is 12.0. The summed E-state index contributed by atoms with van der Waals surface area (Å²) >= 11 is 0. The first-order valence-corrected chi connectivity index (χ1v) is 12.0. The monoisotopic (exact) mass is 436 g/mol. The predicted octanol–water partition coefficient (Wildman–Crippen LogP) is 8.46. The Bertz CT molecular complexity index is 950. The number of ether oxygens (including phenoxy) is 1. The lowest BCUT2D eigenvalue weighted by molar-refractivity contribution is 0.114. The van der Waals surface area contributed by atoms with Gasteiger partial charge < -0.3 is 4.74 Å². The van der Waals surface area contributed by atoms with Crippen LogP contribution in [-0.4, -0.2) is 6.61 Å². The molecular formula is C29H34F2O. The van der Waals surface area contributed by atoms with Crippen molar-refractivity contribution in [2.24, 2.45) is 17.8 Å². The summed E-state index contributed by atoms with van der Waals surface area (Å²) in [6.07, 6.45) is 13.3. The lowest BCUT2D eigenvalue weighted by Crippen LogP contribution is -2.30. The van der Waals surface area contributed by atoms with Gasteiger partial charge in [0.15, 0.2) is 0 Å². The van der Waals surface area contributed by atoms with E-state index in [1.807, 2.05) is 18.2 Å². The molecule has 0 bridgehead atoms. The SMILES string of the molecule is C=CCCC1CCC2CC(c3ccc(-c4ccc(OCC=C)cc4F)cc3F)CCC2C1. The van der Waals surface area contributed by atoms with E-state index in [0.717, 1.165) is 36.7 Å². The molecule has 0 radical (unpaired) electrons. The second-order valence-electron chi connectivity index (χ2n) is 9.55. The Labute approximate surface area is 191 Å². The minimum atomic E-state index is -0.410. The number of fused-ring (bicyclic) bond motifs is 1. The van der Waals surface area contributed by atoms with Gasteiger partial charge in [-0.2, -0.15) is 0 Å². The van der Waals surface area contributed by atoms with Gasteiger partial charge in [-0.3, -0.25) is 0 Å². The van der Waals surface area contributed by atoms with Gasteiger partial charge >= 0.3 is 0 Å². The van der Waals surface area contributed by atoms with Gasteiger partial charge in [0, 0.05) is 11.6 Å². The molecule has 0 saturated heterocycles. The molecule has 0 heterocycles. The fraction of sp³-hybridized carbons (Fsp3) is 0.448. The molecule has 4 unspecified atom stereocenters. The molecule has 2 fully saturated rings. The van der Waals surface area contributed by atoms with Crippen molar-refractivity contribution in [1.82, 2.24) is 0 Å². The Morgan fingerprint density at radius 3 is 2.44 bits per heavy atom. The van der Waals surface area contributed by atoms with Gasteiger partial charge in [-0.25, -0.2) is 8.78 Å². The molecular weight excluding hydrogens is 402 g/mol. The van der Waals surface area contributed by atoms with Gasteiger partial charge in [-0.15, -0.1) is 6.58 Å². The zero-order valence-electron chi connectivity index (χ0n) is 18.9. The van der Waals surface area contributed by atoms with Crippen molar-refractivity contribution >= 4 is 0 Å². The average molecular weight is 437 g/mol. The molecule has 4 atom stereocenters. The van der Waals surface area contributed by atoms with E-state index in [1.165, 1.54) is 44.2 Å². The highest BCUT2D eigenvalue weighted by molar-refractivity contribution is 5.65. The van der Waals surface area contributed by atoms with E-state index in [4.69, 9.17) is 4.74 Å². The van der Waals surface area contributed by atoms with Gasteiger partial charge in [-0.1, -0.05) is 37.3 Å². The summed E-state index contributed by atoms with van der Waals surface area (Å²) in [5.41, 5.74) is 1.76. The quantitative estimate of drug-likeness (QED) is 0.377. The summed E-state index contributed by atoms with van der Waals surface area (Å²) in [5, 5.41) is 0. The lowest BCUT2D eigenvalue weighted by atomic mass is 9.63. The molecule has 0 amide bonds. The third-order valence-electron chi connectivity index (χ3n) is 7.56. The molecule has 32 heavy (non-hydrogen) atoms. The van der Waals surface area contributed by atoms with Crippen molar-refractivity contribution in [3.8, 4) is 16.9 Å². The number of allylic oxidation sites excluding steroid dienone is 1. The number of rotatable bonds is 8. The van der Waals surface area contributed by atoms with E-state index in [2.05, 4.69) is 13.2 Å². The molecule has 4 rings (SSSR count). The molecule has 2 aliphatic rings. The van der Waals surface area contributed by atoms with Crippen LogP contribution >= 0.6 is 0 Å². The van der Waals surface area contributed by atoms with Crippen LogP contribution in [-0.2, 0) is 0 Å². The van der Waals surface area contributed by atoms with Crippen molar-refractivity contribution in [3.05, 3.63) is 78.9 Å². The largest absolute Gasteiger partial charge is 0.489 e. The van der Waals surface area contributed by atoms with Crippen LogP contribution < -0.4 is 4.74 Å². The summed E-state index contributed by atoms with van der Waals surface area (Å²) in [6, 6.07) is 9.94. The van der Waals surface area contributed by atoms with Crippen molar-refractivity contribution in [2.45, 2.75) is 57.3 Å². The number of hydrogen-bond acceptors (Lipinski definition) is 1. The van der Waals surface area contributed by atoms with E-state index >= 15 is 4.39 Å². The van der Waals surface area contributed by atoms with Gasteiger partial charge in [0.2, 0.25) is 0 Å². The molecule has 3 heteroatoms. The van der Waals surface area contributed by atoms with Crippen LogP contribution in [0.2, 0.25) is 0 Å². The highest BCUT2D eigenvalue weighted by Gasteiger charge is 2.36. The molecule has 0 spiro atoms. The summed E-state index contributed by atoms with van der Waals surface area (Å²) in [6.45, 7) is 7.77. The molecule has 1 nitrogen and oxygen atoms in total. The summed E-state index contributed by atoms with van der Waals surface area (Å²) < 4.78 is 35.1. The number of hydrogen-bond donors (Lipinski definition) is 0. The standard InChI is InChI=1S/C29H34F2O/c1-3-5-6-20-7-8-22-17-23(10-9-21(22)16-20)26-13-11-24(18-28(26)30)27-14-12-25(19-29(27)31)32-15-4-2/h3-4,11-14,18-23H,1-2,5-10,15-17H2. The molecule has 170 valence electrons. The van der Waals surface area contributed by atoms with Crippen molar-refractivity contribution in [1.29, 1.82) is 0 Å². The zero-order valence-corrected chi connectivity index (χ0v) is 18.9. The van der Waals surface area contributed by atoms with Crippen LogP contribution in [0, 0.1) is 29.4 Å². The van der Waals surface area contributed by atoms with E-state index in [9.17, 15) is 4.39 Å². The van der Waals surface area contributed by atoms with Crippen LogP contribution in [0.1, 0.15) is 62.8 Å². The van der Waals surface area contributed by atoms with Crippen LogP contribution in [0.5, 0.6) is 5.75 Å². The molecule has 0 aliphatic heterocycles. The second-order valence-corrected chi connectivity index (χ2v) is 9.55. The highest BCUT2D eigenvalue weighted by atomic mass is 19.1. The second kappa shape index (κ2) is 10.5. The molecule has 0 N–H and O–H groups in total. The fourth-order valence-corrected chi connectivity index (χ4v) is 5.89. The van der Waals surface area contributed by atoms with Crippen molar-refractivity contribution in [2.75, 3.05) is 6.61 Å². The Kier molecular flexibility index (Phi) is 7.44. The first kappa shape index (κ1) is 22.8. The van der Waals surface area contributed by atoms with Gasteiger partial charge in [0.1, 0.15) is 24.0 Å². The molecule has 0 aromatic heterocycles. The van der Waals surface area contributed by atoms with E-state index in [-0.39, 0.29) is 11.7 Å². The zero-order chi connectivity index (χ0) is 22.5. The summed E-state index contributed by atoms with van der Waals surface area (Å²) in [7, 11) is 0. The highest BCUT2D eigenvalue weighted by Crippen LogP contribution is 2.49. The number of benzene rings is 2. The molecule has 2 saturated carbocycles.